The molecule has 43 heavy (non-hydrogen) atoms. The predicted molar refractivity (Wildman–Crippen MR) is 165 cm³/mol. The number of fused-ring (bicyclic) bond motifs is 1. The third-order valence-corrected chi connectivity index (χ3v) is 7.56. The molecule has 1 aliphatic heterocycles. The van der Waals surface area contributed by atoms with Crippen molar-refractivity contribution in [3.63, 3.8) is 0 Å². The highest BCUT2D eigenvalue weighted by Crippen LogP contribution is 2.26. The molecule has 222 valence electrons. The first-order valence-electron chi connectivity index (χ1n) is 13.7. The lowest BCUT2D eigenvalue weighted by Crippen LogP contribution is -2.52. The van der Waals surface area contributed by atoms with Crippen molar-refractivity contribution in [3.05, 3.63) is 94.1 Å². The van der Waals surface area contributed by atoms with Gasteiger partial charge in [0.25, 0.3) is 11.6 Å². The summed E-state index contributed by atoms with van der Waals surface area (Å²) in [6.07, 6.45) is 4.37. The third-order valence-electron chi connectivity index (χ3n) is 7.24. The van der Waals surface area contributed by atoms with Crippen LogP contribution >= 0.6 is 11.6 Å². The highest BCUT2D eigenvalue weighted by molar-refractivity contribution is 6.32. The Morgan fingerprint density at radius 3 is 2.67 bits per heavy atom. The Balaban J connectivity index is 1.42. The third kappa shape index (κ3) is 6.42. The molecule has 1 saturated heterocycles. The van der Waals surface area contributed by atoms with Crippen LogP contribution in [0.5, 0.6) is 0 Å². The quantitative estimate of drug-likeness (QED) is 0.218. The molecule has 0 bridgehead atoms. The Morgan fingerprint density at radius 1 is 1.16 bits per heavy atom. The van der Waals surface area contributed by atoms with E-state index in [1.54, 1.807) is 37.6 Å². The maximum atomic E-state index is 13.5. The number of halogens is 1. The number of aromatic nitrogens is 4. The molecule has 1 aliphatic rings. The summed E-state index contributed by atoms with van der Waals surface area (Å²) in [4.78, 5) is 47.4. The Morgan fingerprint density at radius 2 is 1.93 bits per heavy atom. The zero-order chi connectivity index (χ0) is 30.9. The fraction of sp³-hybridized carbons (Fsp3) is 0.290. The van der Waals surface area contributed by atoms with Crippen LogP contribution in [0, 0.1) is 0 Å². The number of aryl methyl sites for hydroxylation is 1. The van der Waals surface area contributed by atoms with E-state index in [9.17, 15) is 14.4 Å². The van der Waals surface area contributed by atoms with Gasteiger partial charge in [0.05, 0.1) is 43.6 Å². The minimum atomic E-state index is -0.421. The molecular formula is C31H33ClN7O4+. The van der Waals surface area contributed by atoms with Crippen molar-refractivity contribution in [1.29, 1.82) is 0 Å². The van der Waals surface area contributed by atoms with Gasteiger partial charge in [-0.3, -0.25) is 9.59 Å². The van der Waals surface area contributed by atoms with Crippen molar-refractivity contribution in [1.82, 2.24) is 19.9 Å². The summed E-state index contributed by atoms with van der Waals surface area (Å²) in [6, 6.07) is 11.9. The molecule has 5 rings (SSSR count). The van der Waals surface area contributed by atoms with Crippen molar-refractivity contribution < 1.29 is 18.9 Å². The second kappa shape index (κ2) is 11.9. The van der Waals surface area contributed by atoms with E-state index >= 15 is 0 Å². The molecule has 2 amide bonds. The number of hydrogen-bond donors (Lipinski definition) is 3. The van der Waals surface area contributed by atoms with Crippen molar-refractivity contribution in [2.24, 2.45) is 7.05 Å². The van der Waals surface area contributed by atoms with Crippen molar-refractivity contribution in [2.45, 2.75) is 38.3 Å². The first-order valence-corrected chi connectivity index (χ1v) is 14.1. The minimum absolute atomic E-state index is 0.0715. The van der Waals surface area contributed by atoms with Gasteiger partial charge in [0.2, 0.25) is 5.91 Å². The maximum Gasteiger partial charge on any atom is 0.448 e. The molecule has 0 spiro atoms. The van der Waals surface area contributed by atoms with Crippen molar-refractivity contribution >= 4 is 46.1 Å². The molecule has 4 aromatic rings. The number of amides is 2. The number of rotatable bonds is 7. The fourth-order valence-electron chi connectivity index (χ4n) is 4.78. The Bertz CT molecular complexity index is 1800. The molecular weight excluding hydrogens is 570 g/mol. The second-order valence-corrected chi connectivity index (χ2v) is 11.8. The normalized spacial score (nSPS) is 16.6. The largest absolute Gasteiger partial charge is 0.448 e. The van der Waals surface area contributed by atoms with E-state index in [4.69, 9.17) is 16.3 Å². The molecule has 0 aliphatic carbocycles. The highest BCUT2D eigenvalue weighted by atomic mass is 35.5. The van der Waals surface area contributed by atoms with E-state index in [2.05, 4.69) is 53.3 Å². The monoisotopic (exact) mass is 602 g/mol. The topological polar surface area (TPSA) is 131 Å². The van der Waals surface area contributed by atoms with Gasteiger partial charge in [0.1, 0.15) is 11.1 Å². The van der Waals surface area contributed by atoms with E-state index in [0.29, 0.717) is 46.2 Å². The SMILES string of the molecule is C=CC(=O)NC1COCC1Nc1ncc2cn(-c3cc(C(=O)Nc4cccc(C(C)(C)C)c4)ccc3Cl)c(=O)[n+](C)c2n1. The van der Waals surface area contributed by atoms with E-state index < -0.39 is 5.69 Å². The number of anilines is 2. The number of carbonyl (C=O) groups is 2. The summed E-state index contributed by atoms with van der Waals surface area (Å²) >= 11 is 6.53. The van der Waals surface area contributed by atoms with Crippen LogP contribution in [0.2, 0.25) is 5.02 Å². The molecule has 11 nitrogen and oxygen atoms in total. The van der Waals surface area contributed by atoms with Crippen molar-refractivity contribution in [2.75, 3.05) is 23.8 Å². The van der Waals surface area contributed by atoms with Gasteiger partial charge in [-0.15, -0.1) is 0 Å². The summed E-state index contributed by atoms with van der Waals surface area (Å²) in [5.41, 5.74) is 2.33. The Labute approximate surface area is 253 Å². The van der Waals surface area contributed by atoms with Gasteiger partial charge in [-0.1, -0.05) is 56.1 Å². The lowest BCUT2D eigenvalue weighted by atomic mass is 9.87. The van der Waals surface area contributed by atoms with Gasteiger partial charge in [-0.25, -0.2) is 9.78 Å². The zero-order valence-corrected chi connectivity index (χ0v) is 25.1. The average molecular weight is 603 g/mol. The first kappa shape index (κ1) is 29.9. The second-order valence-electron chi connectivity index (χ2n) is 11.4. The van der Waals surface area contributed by atoms with E-state index in [1.165, 1.54) is 15.2 Å². The van der Waals surface area contributed by atoms with Gasteiger partial charge >= 0.3 is 11.6 Å². The molecule has 1 fully saturated rings. The van der Waals surface area contributed by atoms with Crippen LogP contribution in [0.3, 0.4) is 0 Å². The highest BCUT2D eigenvalue weighted by Gasteiger charge is 2.31. The lowest BCUT2D eigenvalue weighted by molar-refractivity contribution is -0.666. The lowest BCUT2D eigenvalue weighted by Gasteiger charge is -2.20. The van der Waals surface area contributed by atoms with Crippen LogP contribution in [0.15, 0.2) is 72.3 Å². The number of nitrogens with one attached hydrogen (secondary N) is 3. The standard InChI is InChI=1S/C31H32ClN7O4/c1-6-26(40)35-23-16-43-17-24(23)36-29-33-14-19-15-39(30(42)38(5)27(19)37-29)25-12-18(10-11-22(25)32)28(41)34-21-9-7-8-20(13-21)31(2,3)4/h6-15,23-24H,1,16-17H2,2-5H3,(H2,34,35,40,41)/p+1. The smallest absolute Gasteiger partial charge is 0.377 e. The molecule has 2 aromatic heterocycles. The predicted octanol–water partition coefficient (Wildman–Crippen LogP) is 3.29. The van der Waals surface area contributed by atoms with Crippen LogP contribution in [0.25, 0.3) is 16.7 Å². The summed E-state index contributed by atoms with van der Waals surface area (Å²) in [7, 11) is 1.59. The summed E-state index contributed by atoms with van der Waals surface area (Å²) in [5, 5.41) is 9.80. The number of hydrogen-bond acceptors (Lipinski definition) is 7. The van der Waals surface area contributed by atoms with E-state index in [1.807, 2.05) is 24.3 Å². The minimum Gasteiger partial charge on any atom is -0.377 e. The van der Waals surface area contributed by atoms with Crippen LogP contribution in [-0.2, 0) is 22.0 Å². The molecule has 2 aromatic carbocycles. The average Bonchev–Trinajstić information content (AvgIpc) is 3.41. The number of ether oxygens (including phenoxy) is 1. The van der Waals surface area contributed by atoms with Crippen LogP contribution < -0.4 is 26.2 Å². The maximum absolute atomic E-state index is 13.5. The molecule has 2 unspecified atom stereocenters. The summed E-state index contributed by atoms with van der Waals surface area (Å²) < 4.78 is 8.25. The Hall–Kier alpha value is -4.61. The molecule has 0 radical (unpaired) electrons. The van der Waals surface area contributed by atoms with Gasteiger partial charge in [-0.2, -0.15) is 9.13 Å². The molecule has 3 N–H and O–H groups in total. The molecule has 0 saturated carbocycles. The van der Waals surface area contributed by atoms with Crippen LogP contribution in [-0.4, -0.2) is 51.6 Å². The molecule has 3 heterocycles. The summed E-state index contributed by atoms with van der Waals surface area (Å²) in [6.45, 7) is 10.5. The number of nitrogens with zero attached hydrogens (tertiary/aromatic N) is 4. The molecule has 12 heteroatoms. The summed E-state index contributed by atoms with van der Waals surface area (Å²) in [5.74, 6) is -0.357. The van der Waals surface area contributed by atoms with Gasteiger partial charge < -0.3 is 20.7 Å². The zero-order valence-electron chi connectivity index (χ0n) is 24.3. The fourth-order valence-corrected chi connectivity index (χ4v) is 4.99. The van der Waals surface area contributed by atoms with Crippen molar-refractivity contribution in [3.8, 4) is 5.69 Å². The van der Waals surface area contributed by atoms with Gasteiger partial charge in [-0.05, 0) is 47.4 Å². The van der Waals surface area contributed by atoms with Crippen LogP contribution in [0.1, 0.15) is 36.7 Å². The van der Waals surface area contributed by atoms with E-state index in [-0.39, 0.29) is 35.3 Å². The van der Waals surface area contributed by atoms with E-state index in [0.717, 1.165) is 5.56 Å². The Kier molecular flexibility index (Phi) is 8.30. The van der Waals surface area contributed by atoms with Crippen LogP contribution in [0.4, 0.5) is 11.6 Å². The number of carbonyl (C=O) groups excluding carboxylic acids is 2. The first-order chi connectivity index (χ1) is 20.4. The number of benzene rings is 2. The van der Waals surface area contributed by atoms with Gasteiger partial charge in [0, 0.05) is 17.4 Å². The molecule has 2 atom stereocenters. The van der Waals surface area contributed by atoms with Gasteiger partial charge in [0.15, 0.2) is 0 Å².